The first-order valence-electron chi connectivity index (χ1n) is 42.7. The topological polar surface area (TPSA) is 156 Å². The van der Waals surface area contributed by atoms with Gasteiger partial charge in [0.15, 0.2) is 0 Å². The third-order valence-corrected chi connectivity index (χ3v) is 23.2. The van der Waals surface area contributed by atoms with E-state index in [1.165, 1.54) is 11.1 Å². The van der Waals surface area contributed by atoms with Crippen molar-refractivity contribution in [2.24, 2.45) is 0 Å². The van der Waals surface area contributed by atoms with Crippen LogP contribution < -0.4 is 0 Å². The number of rotatable bonds is 12. The molecule has 0 spiro atoms. The van der Waals surface area contributed by atoms with E-state index in [0.29, 0.717) is 0 Å². The van der Waals surface area contributed by atoms with Crippen LogP contribution in [0.2, 0.25) is 0 Å². The lowest BCUT2D eigenvalue weighted by Crippen LogP contribution is -1.94. The van der Waals surface area contributed by atoms with Crippen molar-refractivity contribution in [3.63, 3.8) is 0 Å². The van der Waals surface area contributed by atoms with Crippen molar-refractivity contribution in [3.05, 3.63) is 436 Å². The van der Waals surface area contributed by atoms with E-state index in [0.717, 1.165) is 234 Å². The Labute approximate surface area is 738 Å². The highest BCUT2D eigenvalue weighted by atomic mass is 16.3. The largest absolute Gasteiger partial charge is 0.456 e. The third-order valence-electron chi connectivity index (χ3n) is 23.2. The van der Waals surface area contributed by atoms with Gasteiger partial charge in [-0.15, -0.1) is 0 Å². The van der Waals surface area contributed by atoms with Crippen molar-refractivity contribution in [1.29, 1.82) is 0 Å². The molecule has 0 atom stereocenters. The summed E-state index contributed by atoms with van der Waals surface area (Å²) in [6.07, 6.45) is 0. The van der Waals surface area contributed by atoms with Gasteiger partial charge >= 0.3 is 0 Å². The summed E-state index contributed by atoms with van der Waals surface area (Å²) in [4.78, 5) is 37.2. The van der Waals surface area contributed by atoms with Gasteiger partial charge in [0.05, 0.1) is 45.6 Å². The molecule has 0 N–H and O–H groups in total. The van der Waals surface area contributed by atoms with Gasteiger partial charge in [-0.25, -0.2) is 39.9 Å². The first-order chi connectivity index (χ1) is 63.0. The lowest BCUT2D eigenvalue weighted by molar-refractivity contribution is 0.668. The van der Waals surface area contributed by atoms with Crippen LogP contribution in [0, 0.1) is 27.7 Å². The van der Waals surface area contributed by atoms with Gasteiger partial charge in [-0.1, -0.05) is 334 Å². The summed E-state index contributed by atoms with van der Waals surface area (Å²) in [6, 6.07) is 141. The Bertz CT molecular complexity index is 8170. The minimum absolute atomic E-state index is 0.762. The van der Waals surface area contributed by atoms with Gasteiger partial charge in [-0.05, 0) is 146 Å². The minimum Gasteiger partial charge on any atom is -0.456 e. The molecule has 128 heavy (non-hydrogen) atoms. The lowest BCUT2D eigenvalue weighted by Gasteiger charge is -2.08. The van der Waals surface area contributed by atoms with E-state index in [4.69, 9.17) is 17.7 Å². The first kappa shape index (κ1) is 78.3. The van der Waals surface area contributed by atoms with Crippen LogP contribution in [0.5, 0.6) is 0 Å². The summed E-state index contributed by atoms with van der Waals surface area (Å²) >= 11 is 0. The number of aromatic nitrogens is 8. The van der Waals surface area contributed by atoms with E-state index in [9.17, 15) is 0 Å². The monoisotopic (exact) mass is 1650 g/mol. The first-order valence-corrected chi connectivity index (χ1v) is 42.7. The third kappa shape index (κ3) is 16.1. The molecule has 0 aliphatic carbocycles. The quantitative estimate of drug-likeness (QED) is 0.114. The second-order valence-corrected chi connectivity index (χ2v) is 31.7. The van der Waals surface area contributed by atoms with Crippen molar-refractivity contribution in [2.75, 3.05) is 0 Å². The molecular weight excluding hydrogens is 1570 g/mol. The van der Waals surface area contributed by atoms with Gasteiger partial charge in [-0.2, -0.15) is 0 Å². The molecule has 16 aromatic carbocycles. The molecule has 0 radical (unpaired) electrons. The van der Waals surface area contributed by atoms with Crippen LogP contribution in [0.3, 0.4) is 0 Å². The Balaban J connectivity index is 0.000000104. The average Bonchev–Trinajstić information content (AvgIpc) is 1.61. The predicted molar refractivity (Wildman–Crippen MR) is 521 cm³/mol. The molecule has 0 unspecified atom stereocenters. The van der Waals surface area contributed by atoms with Gasteiger partial charge in [0.2, 0.25) is 0 Å². The second-order valence-electron chi connectivity index (χ2n) is 31.7. The maximum Gasteiger partial charge on any atom is 0.143 e. The van der Waals surface area contributed by atoms with Gasteiger partial charge in [0.1, 0.15) is 68.0 Å². The molecule has 24 aromatic rings. The molecule has 0 fully saturated rings. The van der Waals surface area contributed by atoms with E-state index < -0.39 is 0 Å². The van der Waals surface area contributed by atoms with Crippen molar-refractivity contribution >= 4 is 87.8 Å². The van der Waals surface area contributed by atoms with E-state index in [-0.39, 0.29) is 0 Å². The van der Waals surface area contributed by atoms with E-state index >= 15 is 0 Å². The summed E-state index contributed by atoms with van der Waals surface area (Å²) in [5.74, 6) is 3.06. The van der Waals surface area contributed by atoms with Crippen LogP contribution >= 0.6 is 0 Å². The Kier molecular flexibility index (Phi) is 21.0. The van der Waals surface area contributed by atoms with Crippen LogP contribution in [0.25, 0.3) is 222 Å². The highest BCUT2D eigenvalue weighted by Gasteiger charge is 2.19. The zero-order chi connectivity index (χ0) is 86.0. The van der Waals surface area contributed by atoms with Gasteiger partial charge in [0, 0.05) is 93.2 Å². The van der Waals surface area contributed by atoms with E-state index in [2.05, 4.69) is 301 Å². The van der Waals surface area contributed by atoms with Crippen molar-refractivity contribution in [2.45, 2.75) is 27.7 Å². The summed E-state index contributed by atoms with van der Waals surface area (Å²) in [6.45, 7) is 7.75. The number of para-hydroxylation sites is 5. The molecule has 0 saturated heterocycles. The van der Waals surface area contributed by atoms with Crippen molar-refractivity contribution in [1.82, 2.24) is 39.9 Å². The number of benzene rings is 16. The molecule has 12 heteroatoms. The molecule has 8 aromatic heterocycles. The van der Waals surface area contributed by atoms with Gasteiger partial charge < -0.3 is 17.7 Å². The van der Waals surface area contributed by atoms with Crippen LogP contribution in [-0.4, -0.2) is 39.9 Å². The SMILES string of the molecule is Cc1nc(-c2ccccc2)cc(-c2ccc(-c3ccc4c(c3)oc3ccccc34)cc2)n1.Cc1nc(-c2ccccc2)cc(-c2ccc(-c3ccc4oc5ccccc5c4c3)cc2)n1.Cc1nc(-c2ccccc2)cc(-c2ccc(-c3cccc4c3oc3ccccc34)cc2)n1.Cc1nc(-c2ccccc2)cc(-c2ccc(-c3cccc4oc5ccccc5c34)cc2)n1. The predicted octanol–water partition coefficient (Wildman–Crippen LogP) is 30.7. The highest BCUT2D eigenvalue weighted by molar-refractivity contribution is 6.13. The standard InChI is InChI=1S/4C29H20N2O/c1-19-30-26(21-8-3-2-4-9-21)18-27(31-19)22-16-14-20(15-17-22)23-11-7-12-25-24-10-5-6-13-28(24)32-29(23)25;1-19-30-25(21-8-3-2-4-9-21)18-26(31-19)22-16-14-20(15-17-22)23-11-7-13-28-29(23)24-10-5-6-12-27(24)32-28;1-19-30-26(21-7-3-2-4-8-21)18-27(31-19)22-13-11-20(12-14-22)23-15-16-29-25(17-23)24-9-5-6-10-28(24)32-29;1-19-30-26(21-7-3-2-4-8-21)18-27(31-19)22-13-11-20(12-14-22)23-15-16-25-24-9-5-6-10-28(24)32-29(25)17-23/h4*2-18H,1H3. The zero-order valence-electron chi connectivity index (χ0n) is 70.5. The van der Waals surface area contributed by atoms with Gasteiger partial charge in [-0.3, -0.25) is 0 Å². The summed E-state index contributed by atoms with van der Waals surface area (Å²) in [5, 5.41) is 9.16. The fourth-order valence-electron chi connectivity index (χ4n) is 17.0. The highest BCUT2D eigenvalue weighted by Crippen LogP contribution is 2.42. The van der Waals surface area contributed by atoms with Gasteiger partial charge in [0.25, 0.3) is 0 Å². The number of hydrogen-bond donors (Lipinski definition) is 0. The molecular formula is C116H80N8O4. The molecule has 8 heterocycles. The molecule has 0 aliphatic rings. The van der Waals surface area contributed by atoms with Crippen molar-refractivity contribution in [3.8, 4) is 135 Å². The van der Waals surface area contributed by atoms with Crippen LogP contribution in [0.1, 0.15) is 23.3 Å². The molecule has 0 aliphatic heterocycles. The Morgan fingerprint density at radius 1 is 0.148 bits per heavy atom. The van der Waals surface area contributed by atoms with Crippen LogP contribution in [0.15, 0.2) is 430 Å². The van der Waals surface area contributed by atoms with E-state index in [1.54, 1.807) is 0 Å². The molecule has 0 amide bonds. The Hall–Kier alpha value is -17.0. The minimum atomic E-state index is 0.762. The Morgan fingerprint density at radius 3 is 0.836 bits per heavy atom. The fraction of sp³-hybridized carbons (Fsp3) is 0.0345. The van der Waals surface area contributed by atoms with Crippen molar-refractivity contribution < 1.29 is 17.7 Å². The molecule has 0 saturated carbocycles. The number of furan rings is 4. The number of fused-ring (bicyclic) bond motifs is 12. The number of aryl methyl sites for hydroxylation is 4. The smallest absolute Gasteiger partial charge is 0.143 e. The number of hydrogen-bond acceptors (Lipinski definition) is 12. The van der Waals surface area contributed by atoms with Crippen LogP contribution in [-0.2, 0) is 0 Å². The summed E-state index contributed by atoms with van der Waals surface area (Å²) in [7, 11) is 0. The average molecular weight is 1650 g/mol. The second kappa shape index (κ2) is 34.4. The Morgan fingerprint density at radius 2 is 0.406 bits per heavy atom. The molecule has 0 bridgehead atoms. The zero-order valence-corrected chi connectivity index (χ0v) is 70.5. The molecule has 608 valence electrons. The normalized spacial score (nSPS) is 11.3. The maximum atomic E-state index is 6.21. The lowest BCUT2D eigenvalue weighted by atomic mass is 9.98. The number of nitrogens with zero attached hydrogens (tertiary/aromatic N) is 8. The maximum absolute atomic E-state index is 6.21. The van der Waals surface area contributed by atoms with Crippen LogP contribution in [0.4, 0.5) is 0 Å². The summed E-state index contributed by atoms with van der Waals surface area (Å²) < 4.78 is 24.3. The molecule has 12 nitrogen and oxygen atoms in total. The van der Waals surface area contributed by atoms with E-state index in [1.807, 2.05) is 179 Å². The summed E-state index contributed by atoms with van der Waals surface area (Å²) in [5.41, 5.74) is 32.6. The molecule has 24 rings (SSSR count). The fourth-order valence-corrected chi connectivity index (χ4v) is 17.0.